The second-order valence-electron chi connectivity index (χ2n) is 6.81. The number of quaternary nitrogens is 1. The van der Waals surface area contributed by atoms with Gasteiger partial charge in [0.25, 0.3) is 7.82 Å². The number of ether oxygens (including phenoxy) is 2. The number of nitrogens with zero attached hydrogens (tertiary/aromatic N) is 1. The average molecular weight is 371 g/mol. The second-order valence-corrected chi connectivity index (χ2v) is 8.22. The maximum Gasteiger partial charge on any atom is 0.268 e. The molecule has 0 bridgehead atoms. The number of likely N-dealkylation sites (N-methyl/N-ethyl adjacent to an activating group) is 1. The largest absolute Gasteiger partial charge is 0.756 e. The van der Waals surface area contributed by atoms with Crippen molar-refractivity contribution in [3.63, 3.8) is 0 Å². The molecule has 0 saturated carbocycles. The van der Waals surface area contributed by atoms with Crippen molar-refractivity contribution in [1.29, 1.82) is 0 Å². The summed E-state index contributed by atoms with van der Waals surface area (Å²) in [5, 5.41) is 8.98. The van der Waals surface area contributed by atoms with E-state index < -0.39 is 7.82 Å². The van der Waals surface area contributed by atoms with Crippen LogP contribution in [-0.2, 0) is 23.1 Å². The maximum atomic E-state index is 11.6. The lowest BCUT2D eigenvalue weighted by Gasteiger charge is -2.28. The van der Waals surface area contributed by atoms with Gasteiger partial charge in [-0.25, -0.2) is 0 Å². The van der Waals surface area contributed by atoms with Crippen LogP contribution in [0.15, 0.2) is 0 Å². The van der Waals surface area contributed by atoms with E-state index in [4.69, 9.17) is 23.6 Å². The van der Waals surface area contributed by atoms with E-state index >= 15 is 0 Å². The first kappa shape index (κ1) is 23.9. The van der Waals surface area contributed by atoms with Crippen LogP contribution < -0.4 is 4.89 Å². The van der Waals surface area contributed by atoms with E-state index in [9.17, 15) is 9.46 Å². The minimum atomic E-state index is -4.28. The van der Waals surface area contributed by atoms with Crippen LogP contribution in [0.1, 0.15) is 26.2 Å². The van der Waals surface area contributed by atoms with E-state index in [-0.39, 0.29) is 32.0 Å². The Morgan fingerprint density at radius 2 is 1.83 bits per heavy atom. The SMILES string of the molecule is COC(CO)CCCCO[C@H](C)COP(=O)([O-])OCC[N+](C)(C)C. The zero-order chi connectivity index (χ0) is 18.6. The summed E-state index contributed by atoms with van der Waals surface area (Å²) in [7, 11) is 3.14. The van der Waals surface area contributed by atoms with Gasteiger partial charge < -0.3 is 33.0 Å². The summed E-state index contributed by atoms with van der Waals surface area (Å²) in [6, 6.07) is 0. The number of hydrogen-bond acceptors (Lipinski definition) is 7. The van der Waals surface area contributed by atoms with Crippen molar-refractivity contribution in [2.75, 3.05) is 61.2 Å². The molecule has 0 heterocycles. The molecule has 0 spiro atoms. The average Bonchev–Trinajstić information content (AvgIpc) is 2.47. The molecule has 146 valence electrons. The third kappa shape index (κ3) is 14.3. The van der Waals surface area contributed by atoms with Gasteiger partial charge in [0, 0.05) is 13.7 Å². The van der Waals surface area contributed by atoms with Crippen LogP contribution in [0, 0.1) is 0 Å². The topological polar surface area (TPSA) is 97.3 Å². The minimum Gasteiger partial charge on any atom is -0.756 e. The first-order valence-electron chi connectivity index (χ1n) is 8.25. The van der Waals surface area contributed by atoms with Crippen molar-refractivity contribution < 1.29 is 37.6 Å². The van der Waals surface area contributed by atoms with Crippen molar-refractivity contribution in [3.05, 3.63) is 0 Å². The number of phosphoric acid groups is 1. The van der Waals surface area contributed by atoms with Gasteiger partial charge in [-0.3, -0.25) is 4.57 Å². The van der Waals surface area contributed by atoms with Crippen molar-refractivity contribution in [2.45, 2.75) is 38.4 Å². The molecule has 24 heavy (non-hydrogen) atoms. The van der Waals surface area contributed by atoms with E-state index in [1.807, 2.05) is 21.1 Å². The predicted molar refractivity (Wildman–Crippen MR) is 89.6 cm³/mol. The molecule has 0 rings (SSSR count). The van der Waals surface area contributed by atoms with Gasteiger partial charge in [0.1, 0.15) is 13.2 Å². The fourth-order valence-corrected chi connectivity index (χ4v) is 2.52. The highest BCUT2D eigenvalue weighted by atomic mass is 31.2. The molecular formula is C15H34NO7P. The monoisotopic (exact) mass is 371 g/mol. The van der Waals surface area contributed by atoms with Crippen molar-refractivity contribution in [3.8, 4) is 0 Å². The summed E-state index contributed by atoms with van der Waals surface area (Å²) in [4.78, 5) is 11.6. The van der Waals surface area contributed by atoms with Crippen molar-refractivity contribution >= 4 is 7.82 Å². The van der Waals surface area contributed by atoms with Gasteiger partial charge in [0.15, 0.2) is 0 Å². The van der Waals surface area contributed by atoms with Gasteiger partial charge in [0.05, 0.1) is 46.6 Å². The van der Waals surface area contributed by atoms with Crippen LogP contribution in [0.4, 0.5) is 0 Å². The summed E-state index contributed by atoms with van der Waals surface area (Å²) in [6.45, 7) is 2.84. The third-order valence-corrected chi connectivity index (χ3v) is 4.30. The lowest BCUT2D eigenvalue weighted by Crippen LogP contribution is -2.37. The van der Waals surface area contributed by atoms with Crippen LogP contribution in [-0.4, -0.2) is 83.0 Å². The number of rotatable bonds is 15. The van der Waals surface area contributed by atoms with Gasteiger partial charge in [0.2, 0.25) is 0 Å². The lowest BCUT2D eigenvalue weighted by atomic mass is 10.1. The zero-order valence-corrected chi connectivity index (χ0v) is 16.5. The fourth-order valence-electron chi connectivity index (χ4n) is 1.75. The first-order valence-corrected chi connectivity index (χ1v) is 9.71. The number of methoxy groups -OCH3 is 1. The highest BCUT2D eigenvalue weighted by Gasteiger charge is 2.15. The summed E-state index contributed by atoms with van der Waals surface area (Å²) in [6.07, 6.45) is 1.95. The standard InChI is InChI=1S/C15H34NO7P/c1-14(21-10-7-6-8-15(12-17)20-5)13-23-24(18,19)22-11-9-16(2,3)4/h14-15,17H,6-13H2,1-5H3/t14-,15?/m1/s1. The molecule has 2 unspecified atom stereocenters. The van der Waals surface area contributed by atoms with Crippen LogP contribution in [0.2, 0.25) is 0 Å². The lowest BCUT2D eigenvalue weighted by molar-refractivity contribution is -0.870. The van der Waals surface area contributed by atoms with Gasteiger partial charge >= 0.3 is 0 Å². The Hall–Kier alpha value is -0.0500. The number of phosphoric ester groups is 1. The Morgan fingerprint density at radius 1 is 1.17 bits per heavy atom. The highest BCUT2D eigenvalue weighted by Crippen LogP contribution is 2.38. The van der Waals surface area contributed by atoms with Gasteiger partial charge in [-0.05, 0) is 26.2 Å². The van der Waals surface area contributed by atoms with Gasteiger partial charge in [-0.2, -0.15) is 0 Å². The fraction of sp³-hybridized carbons (Fsp3) is 1.00. The van der Waals surface area contributed by atoms with Crippen LogP contribution >= 0.6 is 7.82 Å². The molecule has 0 aliphatic rings. The molecule has 0 aliphatic heterocycles. The molecule has 0 radical (unpaired) electrons. The summed E-state index contributed by atoms with van der Waals surface area (Å²) < 4.78 is 32.4. The molecule has 9 heteroatoms. The number of unbranched alkanes of at least 4 members (excludes halogenated alkanes) is 1. The molecule has 0 fully saturated rings. The smallest absolute Gasteiger partial charge is 0.268 e. The highest BCUT2D eigenvalue weighted by molar-refractivity contribution is 7.45. The van der Waals surface area contributed by atoms with E-state index in [0.717, 1.165) is 19.3 Å². The summed E-state index contributed by atoms with van der Waals surface area (Å²) >= 11 is 0. The Morgan fingerprint density at radius 3 is 2.38 bits per heavy atom. The molecule has 0 saturated heterocycles. The molecule has 0 aliphatic carbocycles. The molecule has 0 aromatic rings. The van der Waals surface area contributed by atoms with E-state index in [1.165, 1.54) is 0 Å². The Labute approximate surface area is 145 Å². The first-order chi connectivity index (χ1) is 11.1. The molecular weight excluding hydrogens is 337 g/mol. The maximum absolute atomic E-state index is 11.6. The van der Waals surface area contributed by atoms with Crippen LogP contribution in [0.25, 0.3) is 0 Å². The molecule has 0 aromatic heterocycles. The Bertz CT molecular complexity index is 358. The third-order valence-electron chi connectivity index (χ3n) is 3.34. The van der Waals surface area contributed by atoms with E-state index in [0.29, 0.717) is 17.6 Å². The molecule has 1 N–H and O–H groups in total. The van der Waals surface area contributed by atoms with Crippen LogP contribution in [0.3, 0.4) is 0 Å². The van der Waals surface area contributed by atoms with Crippen molar-refractivity contribution in [2.24, 2.45) is 0 Å². The van der Waals surface area contributed by atoms with E-state index in [1.54, 1.807) is 14.0 Å². The summed E-state index contributed by atoms with van der Waals surface area (Å²) in [5.74, 6) is 0. The second kappa shape index (κ2) is 12.3. The molecule has 0 aromatic carbocycles. The molecule has 8 nitrogen and oxygen atoms in total. The van der Waals surface area contributed by atoms with Gasteiger partial charge in [-0.1, -0.05) is 0 Å². The Balaban J connectivity index is 3.76. The van der Waals surface area contributed by atoms with Crippen LogP contribution in [0.5, 0.6) is 0 Å². The van der Waals surface area contributed by atoms with Gasteiger partial charge in [-0.15, -0.1) is 0 Å². The van der Waals surface area contributed by atoms with Crippen molar-refractivity contribution in [1.82, 2.24) is 0 Å². The number of aliphatic hydroxyl groups excluding tert-OH is 1. The molecule has 0 amide bonds. The van der Waals surface area contributed by atoms with E-state index in [2.05, 4.69) is 0 Å². The minimum absolute atomic E-state index is 0.00841. The zero-order valence-electron chi connectivity index (χ0n) is 15.6. The summed E-state index contributed by atoms with van der Waals surface area (Å²) in [5.41, 5.74) is 0. The number of aliphatic hydroxyl groups is 1. The predicted octanol–water partition coefficient (Wildman–Crippen LogP) is 0.777. The normalized spacial score (nSPS) is 17.5. The molecule has 3 atom stereocenters. The Kier molecular flexibility index (Phi) is 12.3. The number of hydrogen-bond donors (Lipinski definition) is 1. The quantitative estimate of drug-likeness (QED) is 0.258.